The number of hydrogen-bond donors (Lipinski definition) is 3. The van der Waals surface area contributed by atoms with E-state index in [0.29, 0.717) is 12.1 Å². The van der Waals surface area contributed by atoms with Crippen molar-refractivity contribution < 1.29 is 4.79 Å². The van der Waals surface area contributed by atoms with E-state index in [1.54, 1.807) is 24.5 Å². The Kier molecular flexibility index (Phi) is 7.25. The van der Waals surface area contributed by atoms with E-state index in [0.717, 1.165) is 11.1 Å². The fourth-order valence-corrected chi connectivity index (χ4v) is 4.32. The highest BCUT2D eigenvalue weighted by Gasteiger charge is 2.38. The number of rotatable bonds is 10. The molecule has 0 spiro atoms. The number of carbonyl (C=O) groups excluding carboxylic acids is 1. The predicted molar refractivity (Wildman–Crippen MR) is 148 cm³/mol. The lowest BCUT2D eigenvalue weighted by Crippen LogP contribution is -2.56. The molecule has 0 aliphatic heterocycles. The lowest BCUT2D eigenvalue weighted by atomic mass is 9.80. The normalized spacial score (nSPS) is 12.6. The van der Waals surface area contributed by atoms with Crippen LogP contribution in [0, 0.1) is 5.41 Å². The van der Waals surface area contributed by atoms with Gasteiger partial charge >= 0.3 is 0 Å². The molecule has 37 heavy (non-hydrogen) atoms. The van der Waals surface area contributed by atoms with Gasteiger partial charge in [-0.25, -0.2) is 0 Å². The first-order chi connectivity index (χ1) is 17.6. The minimum atomic E-state index is -0.825. The fraction of sp³-hybridized carbons (Fsp3) is 0.267. The van der Waals surface area contributed by atoms with Crippen molar-refractivity contribution in [2.75, 3.05) is 10.6 Å². The van der Waals surface area contributed by atoms with Crippen LogP contribution in [-0.4, -0.2) is 17.1 Å². The number of benzene rings is 2. The van der Waals surface area contributed by atoms with Gasteiger partial charge < -0.3 is 16.0 Å². The van der Waals surface area contributed by atoms with Crippen molar-refractivity contribution in [3.63, 3.8) is 0 Å². The second-order valence-electron chi connectivity index (χ2n) is 10.5. The van der Waals surface area contributed by atoms with Crippen molar-refractivity contribution in [3.8, 4) is 0 Å². The second-order valence-corrected chi connectivity index (χ2v) is 10.5. The Morgan fingerprint density at radius 1 is 0.838 bits per heavy atom. The minimum Gasteiger partial charge on any atom is -0.360 e. The van der Waals surface area contributed by atoms with Gasteiger partial charge in [0, 0.05) is 11.6 Å². The van der Waals surface area contributed by atoms with Crippen LogP contribution >= 0.6 is 0 Å². The van der Waals surface area contributed by atoms with Crippen LogP contribution in [0.1, 0.15) is 38.8 Å². The summed E-state index contributed by atoms with van der Waals surface area (Å²) < 4.78 is 0. The van der Waals surface area contributed by atoms with E-state index in [9.17, 15) is 14.4 Å². The number of amides is 1. The summed E-state index contributed by atoms with van der Waals surface area (Å²) in [6.45, 7) is 7.78. The molecule has 0 fully saturated rings. The summed E-state index contributed by atoms with van der Waals surface area (Å²) in [4.78, 5) is 42.8. The lowest BCUT2D eigenvalue weighted by molar-refractivity contribution is -0.127. The first-order valence-electron chi connectivity index (χ1n) is 12.3. The highest BCUT2D eigenvalue weighted by molar-refractivity contribution is 5.88. The molecule has 7 heteroatoms. The van der Waals surface area contributed by atoms with Crippen molar-refractivity contribution in [1.82, 2.24) is 10.3 Å². The van der Waals surface area contributed by atoms with Crippen molar-refractivity contribution in [2.45, 2.75) is 45.7 Å². The molecule has 3 N–H and O–H groups in total. The van der Waals surface area contributed by atoms with Crippen molar-refractivity contribution in [1.29, 1.82) is 0 Å². The first-order valence-corrected chi connectivity index (χ1v) is 12.3. The zero-order valence-electron chi connectivity index (χ0n) is 21.5. The summed E-state index contributed by atoms with van der Waals surface area (Å²) in [5.74, 6) is -0.196. The van der Waals surface area contributed by atoms with Crippen molar-refractivity contribution >= 4 is 23.0 Å². The molecule has 1 unspecified atom stereocenters. The summed E-state index contributed by atoms with van der Waals surface area (Å²) >= 11 is 0. The average molecular weight is 497 g/mol. The van der Waals surface area contributed by atoms with Gasteiger partial charge in [0.15, 0.2) is 0 Å². The molecule has 190 valence electrons. The van der Waals surface area contributed by atoms with Crippen LogP contribution in [0.2, 0.25) is 0 Å². The smallest absolute Gasteiger partial charge is 0.253 e. The molecule has 4 rings (SSSR count). The Hall–Kier alpha value is -4.26. The Bertz CT molecular complexity index is 1420. The molecule has 0 saturated carbocycles. The van der Waals surface area contributed by atoms with Gasteiger partial charge in [-0.15, -0.1) is 0 Å². The van der Waals surface area contributed by atoms with Crippen LogP contribution < -0.4 is 26.8 Å². The quantitative estimate of drug-likeness (QED) is 0.220. The second kappa shape index (κ2) is 10.4. The number of nitrogens with one attached hydrogen (secondary N) is 3. The molecule has 4 aromatic rings. The van der Waals surface area contributed by atoms with E-state index < -0.39 is 27.9 Å². The molecular weight excluding hydrogens is 464 g/mol. The molecule has 0 saturated heterocycles. The van der Waals surface area contributed by atoms with Crippen LogP contribution in [0.15, 0.2) is 94.8 Å². The van der Waals surface area contributed by atoms with E-state index in [-0.39, 0.29) is 17.3 Å². The van der Waals surface area contributed by atoms with Crippen molar-refractivity contribution in [3.05, 3.63) is 117 Å². The van der Waals surface area contributed by atoms with E-state index in [4.69, 9.17) is 0 Å². The first kappa shape index (κ1) is 25.8. The molecule has 1 amide bonds. The van der Waals surface area contributed by atoms with E-state index in [2.05, 4.69) is 20.9 Å². The SMILES string of the molecule is CC(C)(C(=O)NC(Nc1c(Nc2cccnc2)c(=O)c1=O)C(C)(C)Cc1ccccc1)c1ccccc1. The molecule has 7 nitrogen and oxygen atoms in total. The average Bonchev–Trinajstić information content (AvgIpc) is 2.90. The Morgan fingerprint density at radius 2 is 1.46 bits per heavy atom. The van der Waals surface area contributed by atoms with Gasteiger partial charge in [-0.2, -0.15) is 0 Å². The zero-order chi connectivity index (χ0) is 26.6. The summed E-state index contributed by atoms with van der Waals surface area (Å²) in [5, 5.41) is 9.36. The number of pyridine rings is 1. The van der Waals surface area contributed by atoms with E-state index >= 15 is 0 Å². The molecule has 0 aliphatic carbocycles. The summed E-state index contributed by atoms with van der Waals surface area (Å²) in [5.41, 5.74) is 0.281. The zero-order valence-corrected chi connectivity index (χ0v) is 21.5. The van der Waals surface area contributed by atoms with Gasteiger partial charge in [0.25, 0.3) is 10.9 Å². The maximum absolute atomic E-state index is 13.6. The molecular formula is C30H32N4O3. The maximum Gasteiger partial charge on any atom is 0.253 e. The number of aromatic nitrogens is 1. The highest BCUT2D eigenvalue weighted by atomic mass is 16.2. The van der Waals surface area contributed by atoms with Gasteiger partial charge in [0.2, 0.25) is 5.91 Å². The lowest BCUT2D eigenvalue weighted by Gasteiger charge is -2.39. The third-order valence-electron chi connectivity index (χ3n) is 6.75. The third-order valence-corrected chi connectivity index (χ3v) is 6.75. The van der Waals surface area contributed by atoms with E-state index in [1.165, 1.54) is 0 Å². The largest absolute Gasteiger partial charge is 0.360 e. The monoisotopic (exact) mass is 496 g/mol. The van der Waals surface area contributed by atoms with E-state index in [1.807, 2.05) is 88.4 Å². The standard InChI is InChI=1S/C30H32N4O3/c1-29(2,18-20-12-7-5-8-13-20)27(34-28(37)30(3,4)21-14-9-6-10-15-21)33-24-23(25(35)26(24)36)32-22-16-11-17-31-19-22/h5-17,19,27,32-33H,18H2,1-4H3,(H,34,37). The van der Waals surface area contributed by atoms with Crippen LogP contribution in [0.4, 0.5) is 17.1 Å². The van der Waals surface area contributed by atoms with Gasteiger partial charge in [-0.3, -0.25) is 19.4 Å². The maximum atomic E-state index is 13.6. The molecule has 0 radical (unpaired) electrons. The van der Waals surface area contributed by atoms with Crippen LogP contribution in [0.5, 0.6) is 0 Å². The predicted octanol–water partition coefficient (Wildman–Crippen LogP) is 4.52. The Balaban J connectivity index is 1.65. The van der Waals surface area contributed by atoms with Gasteiger partial charge in [0.05, 0.1) is 17.3 Å². The molecule has 0 bridgehead atoms. The Labute approximate surface area is 216 Å². The highest BCUT2D eigenvalue weighted by Crippen LogP contribution is 2.31. The molecule has 0 aliphatic rings. The number of nitrogens with zero attached hydrogens (tertiary/aromatic N) is 1. The van der Waals surface area contributed by atoms with Gasteiger partial charge in [-0.05, 0) is 43.5 Å². The molecule has 1 atom stereocenters. The van der Waals surface area contributed by atoms with Gasteiger partial charge in [0.1, 0.15) is 17.5 Å². The summed E-state index contributed by atoms with van der Waals surface area (Å²) in [6.07, 6.45) is 3.17. The minimum absolute atomic E-state index is 0.151. The Morgan fingerprint density at radius 3 is 2.08 bits per heavy atom. The summed E-state index contributed by atoms with van der Waals surface area (Å²) in [7, 11) is 0. The topological polar surface area (TPSA) is 100 Å². The van der Waals surface area contributed by atoms with Crippen LogP contribution in [-0.2, 0) is 16.6 Å². The number of hydrogen-bond acceptors (Lipinski definition) is 6. The van der Waals surface area contributed by atoms with Gasteiger partial charge in [-0.1, -0.05) is 74.5 Å². The fourth-order valence-electron chi connectivity index (χ4n) is 4.32. The number of anilines is 3. The molecule has 3 aromatic carbocycles. The number of carbonyl (C=O) groups is 1. The molecule has 1 heterocycles. The van der Waals surface area contributed by atoms with Crippen LogP contribution in [0.3, 0.4) is 0 Å². The van der Waals surface area contributed by atoms with Crippen LogP contribution in [0.25, 0.3) is 0 Å². The van der Waals surface area contributed by atoms with Crippen molar-refractivity contribution in [2.24, 2.45) is 5.41 Å². The summed E-state index contributed by atoms with van der Waals surface area (Å²) in [6, 6.07) is 23.0. The molecule has 1 aromatic heterocycles. The third kappa shape index (κ3) is 5.61.